The van der Waals surface area contributed by atoms with Gasteiger partial charge >= 0.3 is 12.1 Å². The van der Waals surface area contributed by atoms with Crippen molar-refractivity contribution in [3.05, 3.63) is 41.5 Å². The first-order valence-corrected chi connectivity index (χ1v) is 11.5. The van der Waals surface area contributed by atoms with Crippen molar-refractivity contribution in [1.82, 2.24) is 9.88 Å². The van der Waals surface area contributed by atoms with E-state index in [9.17, 15) is 14.7 Å². The number of carbonyl (C=O) groups is 2. The number of carbonyl (C=O) groups excluding carboxylic acids is 1. The fraction of sp³-hybridized carbons (Fsp3) is 0.667. The Hall–Kier alpha value is -2.50. The lowest BCUT2D eigenvalue weighted by Crippen LogP contribution is -2.64. The summed E-state index contributed by atoms with van der Waals surface area (Å²) in [6, 6.07) is 2.81. The van der Waals surface area contributed by atoms with E-state index in [0.29, 0.717) is 24.2 Å². The van der Waals surface area contributed by atoms with Crippen molar-refractivity contribution in [1.29, 1.82) is 0 Å². The SMILES string of the molecule is O=C(O)c1cccnc1.[C-]#[N+][C@@H]1C[C@@H]2C[C@@H]2N1C(=O)C(N)C12CC3CC(CC(O)(C3)C1)C2. The molecule has 6 aliphatic rings. The van der Waals surface area contributed by atoms with Crippen LogP contribution in [0.3, 0.4) is 0 Å². The zero-order valence-electron chi connectivity index (χ0n) is 18.1. The van der Waals surface area contributed by atoms with Gasteiger partial charge in [-0.2, -0.15) is 0 Å². The Morgan fingerprint density at radius 1 is 1.22 bits per heavy atom. The lowest BCUT2D eigenvalue weighted by atomic mass is 9.46. The van der Waals surface area contributed by atoms with Gasteiger partial charge in [0, 0.05) is 24.9 Å². The van der Waals surface area contributed by atoms with Gasteiger partial charge in [0.05, 0.1) is 17.2 Å². The van der Waals surface area contributed by atoms with Gasteiger partial charge in [-0.3, -0.25) is 19.5 Å². The number of amides is 1. The molecule has 1 saturated heterocycles. The minimum atomic E-state index is -0.942. The maximum Gasteiger partial charge on any atom is 0.337 e. The molecule has 5 saturated carbocycles. The number of pyridine rings is 1. The summed E-state index contributed by atoms with van der Waals surface area (Å²) in [6.07, 6.45) is 10.1. The van der Waals surface area contributed by atoms with Gasteiger partial charge < -0.3 is 15.9 Å². The minimum absolute atomic E-state index is 0.0125. The number of nitrogens with two attached hydrogens (primary N) is 1. The third kappa shape index (κ3) is 3.57. The molecule has 0 aromatic carbocycles. The van der Waals surface area contributed by atoms with Crippen LogP contribution in [0.2, 0.25) is 0 Å². The molecule has 6 atom stereocenters. The Morgan fingerprint density at radius 2 is 1.94 bits per heavy atom. The van der Waals surface area contributed by atoms with E-state index < -0.39 is 17.6 Å². The largest absolute Gasteiger partial charge is 0.478 e. The Bertz CT molecular complexity index is 946. The molecule has 5 aliphatic carbocycles. The quantitative estimate of drug-likeness (QED) is 0.623. The van der Waals surface area contributed by atoms with Crippen LogP contribution in [0.1, 0.15) is 61.7 Å². The van der Waals surface area contributed by atoms with Crippen molar-refractivity contribution in [3.63, 3.8) is 0 Å². The minimum Gasteiger partial charge on any atom is -0.478 e. The molecular weight excluding hydrogens is 408 g/mol. The van der Waals surface area contributed by atoms with Gasteiger partial charge in [0.2, 0.25) is 5.91 Å². The van der Waals surface area contributed by atoms with Gasteiger partial charge in [0.1, 0.15) is 0 Å². The van der Waals surface area contributed by atoms with Crippen LogP contribution in [0.4, 0.5) is 0 Å². The molecule has 1 aliphatic heterocycles. The topological polar surface area (TPSA) is 121 Å². The van der Waals surface area contributed by atoms with Crippen LogP contribution in [-0.2, 0) is 4.79 Å². The fourth-order valence-corrected chi connectivity index (χ4v) is 7.42. The van der Waals surface area contributed by atoms with E-state index in [1.165, 1.54) is 24.9 Å². The van der Waals surface area contributed by atoms with Crippen LogP contribution in [0.5, 0.6) is 0 Å². The average Bonchev–Trinajstić information content (AvgIpc) is 3.41. The third-order valence-electron chi connectivity index (χ3n) is 8.39. The van der Waals surface area contributed by atoms with Crippen molar-refractivity contribution in [2.45, 2.75) is 75.2 Å². The summed E-state index contributed by atoms with van der Waals surface area (Å²) in [5.41, 5.74) is 5.95. The monoisotopic (exact) mass is 438 g/mol. The highest BCUT2D eigenvalue weighted by molar-refractivity contribution is 5.87. The highest BCUT2D eigenvalue weighted by atomic mass is 16.4. The van der Waals surface area contributed by atoms with Crippen LogP contribution in [0, 0.1) is 29.7 Å². The van der Waals surface area contributed by atoms with E-state index in [1.807, 2.05) is 4.90 Å². The lowest BCUT2D eigenvalue weighted by Gasteiger charge is -2.61. The van der Waals surface area contributed by atoms with Gasteiger partial charge in [-0.25, -0.2) is 11.4 Å². The number of nitrogens with zero attached hydrogens (tertiary/aromatic N) is 3. The van der Waals surface area contributed by atoms with Crippen molar-refractivity contribution in [2.24, 2.45) is 28.9 Å². The predicted molar refractivity (Wildman–Crippen MR) is 115 cm³/mol. The summed E-state index contributed by atoms with van der Waals surface area (Å²) >= 11 is 0. The molecule has 0 radical (unpaired) electrons. The number of carboxylic acid groups (broad SMARTS) is 1. The second kappa shape index (κ2) is 7.53. The van der Waals surface area contributed by atoms with Gasteiger partial charge in [-0.15, -0.1) is 0 Å². The second-order valence-electron chi connectivity index (χ2n) is 10.7. The first kappa shape index (κ1) is 21.4. The van der Waals surface area contributed by atoms with Gasteiger partial charge in [-0.1, -0.05) is 0 Å². The number of aromatic nitrogens is 1. The Balaban J connectivity index is 0.000000203. The summed E-state index contributed by atoms with van der Waals surface area (Å²) in [5.74, 6) is 0.642. The molecule has 0 spiro atoms. The first-order valence-electron chi connectivity index (χ1n) is 11.5. The number of fused-ring (bicyclic) bond motifs is 1. The van der Waals surface area contributed by atoms with Crippen LogP contribution in [0.15, 0.2) is 24.5 Å². The van der Waals surface area contributed by atoms with E-state index in [4.69, 9.17) is 17.4 Å². The van der Waals surface area contributed by atoms with Crippen LogP contribution < -0.4 is 5.73 Å². The van der Waals surface area contributed by atoms with Crippen molar-refractivity contribution < 1.29 is 19.8 Å². The van der Waals surface area contributed by atoms with Gasteiger partial charge in [0.25, 0.3) is 0 Å². The van der Waals surface area contributed by atoms with Gasteiger partial charge in [0.15, 0.2) is 0 Å². The van der Waals surface area contributed by atoms with Crippen LogP contribution >= 0.6 is 0 Å². The summed E-state index contributed by atoms with van der Waals surface area (Å²) in [7, 11) is 0. The molecule has 4 bridgehead atoms. The number of carboxylic acids is 1. The van der Waals surface area contributed by atoms with E-state index >= 15 is 0 Å². The molecule has 32 heavy (non-hydrogen) atoms. The maximum atomic E-state index is 13.1. The van der Waals surface area contributed by atoms with Gasteiger partial charge in [-0.05, 0) is 80.2 Å². The molecule has 4 N–H and O–H groups in total. The van der Waals surface area contributed by atoms with E-state index in [2.05, 4.69) is 9.83 Å². The average molecular weight is 439 g/mol. The number of aromatic carboxylic acids is 1. The summed E-state index contributed by atoms with van der Waals surface area (Å²) in [5, 5.41) is 19.2. The van der Waals surface area contributed by atoms with E-state index in [-0.39, 0.29) is 29.1 Å². The third-order valence-corrected chi connectivity index (χ3v) is 8.39. The number of likely N-dealkylation sites (tertiary alicyclic amines) is 1. The zero-order chi connectivity index (χ0) is 22.7. The van der Waals surface area contributed by atoms with Crippen LogP contribution in [0.25, 0.3) is 4.85 Å². The molecular formula is C24H30N4O4. The summed E-state index contributed by atoms with van der Waals surface area (Å²) in [6.45, 7) is 7.38. The number of hydrogen-bond donors (Lipinski definition) is 3. The molecule has 8 heteroatoms. The molecule has 1 aromatic rings. The Kier molecular flexibility index (Phi) is 5.02. The molecule has 7 rings (SSSR count). The summed E-state index contributed by atoms with van der Waals surface area (Å²) < 4.78 is 0. The van der Waals surface area contributed by atoms with Crippen molar-refractivity contribution in [2.75, 3.05) is 0 Å². The standard InChI is InChI=1S/C18H25N3O2.C6H5NO2/c1-20-14-4-12-3-13(12)21(14)16(22)15(19)17-5-10-2-11(6-17)8-18(23,7-10)9-17;8-6(9)5-2-1-3-7-4-5/h10-15,23H,2-9,19H2;1-4H,(H,8,9)/t10?,11?,12-,13-,14-,15?,17?,18?;/m0./s1. The lowest BCUT2D eigenvalue weighted by molar-refractivity contribution is -0.177. The second-order valence-corrected chi connectivity index (χ2v) is 10.7. The molecule has 2 heterocycles. The molecule has 1 amide bonds. The van der Waals surface area contributed by atoms with E-state index in [0.717, 1.165) is 38.5 Å². The highest BCUT2D eigenvalue weighted by Crippen LogP contribution is 2.63. The fourth-order valence-electron chi connectivity index (χ4n) is 7.42. The maximum absolute atomic E-state index is 13.1. The Morgan fingerprint density at radius 3 is 2.47 bits per heavy atom. The number of hydrogen-bond acceptors (Lipinski definition) is 5. The predicted octanol–water partition coefficient (Wildman–Crippen LogP) is 2.29. The molecule has 6 fully saturated rings. The summed E-state index contributed by atoms with van der Waals surface area (Å²) in [4.78, 5) is 32.4. The smallest absolute Gasteiger partial charge is 0.337 e. The highest BCUT2D eigenvalue weighted by Gasteiger charge is 2.63. The number of rotatable bonds is 3. The molecule has 3 unspecified atom stereocenters. The number of aliphatic hydroxyl groups is 1. The van der Waals surface area contributed by atoms with Crippen molar-refractivity contribution >= 4 is 11.9 Å². The first-order chi connectivity index (χ1) is 15.2. The van der Waals surface area contributed by atoms with Crippen molar-refractivity contribution in [3.8, 4) is 0 Å². The zero-order valence-corrected chi connectivity index (χ0v) is 18.1. The molecule has 1 aromatic heterocycles. The number of piperidine rings is 1. The molecule has 8 nitrogen and oxygen atoms in total. The van der Waals surface area contributed by atoms with E-state index in [1.54, 1.807) is 6.07 Å². The molecule has 170 valence electrons. The normalized spacial score (nSPS) is 41.2. The Labute approximate surface area is 187 Å². The van der Waals surface area contributed by atoms with Crippen LogP contribution in [-0.4, -0.2) is 55.8 Å².